The molecule has 0 aromatic heterocycles. The summed E-state index contributed by atoms with van der Waals surface area (Å²) in [5.41, 5.74) is 8.49. The van der Waals surface area contributed by atoms with Crippen LogP contribution in [0.3, 0.4) is 0 Å². The normalized spacial score (nSPS) is 20.3. The van der Waals surface area contributed by atoms with Gasteiger partial charge in [-0.3, -0.25) is 9.59 Å². The van der Waals surface area contributed by atoms with Gasteiger partial charge in [-0.2, -0.15) is 0 Å². The van der Waals surface area contributed by atoms with Crippen molar-refractivity contribution in [3.63, 3.8) is 0 Å². The van der Waals surface area contributed by atoms with E-state index in [4.69, 9.17) is 5.73 Å². The van der Waals surface area contributed by atoms with Crippen molar-refractivity contribution in [3.8, 4) is 0 Å². The van der Waals surface area contributed by atoms with E-state index >= 15 is 0 Å². The highest BCUT2D eigenvalue weighted by Crippen LogP contribution is 2.27. The number of anilines is 2. The second kappa shape index (κ2) is 8.89. The standard InChI is InChI=1S/C17H25N3O2.ClH/c1-11-7-8-14(19-12(2)21)10-16(11)20-17(22)9-13-5-3-4-6-15(13)18;/h7-8,10,13,15H,3-6,9,18H2,1-2H3,(H,19,21)(H,20,22);1H. The van der Waals surface area contributed by atoms with Crippen molar-refractivity contribution in [1.82, 2.24) is 0 Å². The molecule has 1 aliphatic rings. The van der Waals surface area contributed by atoms with E-state index < -0.39 is 0 Å². The average molecular weight is 340 g/mol. The maximum Gasteiger partial charge on any atom is 0.224 e. The number of carbonyl (C=O) groups excluding carboxylic acids is 2. The van der Waals surface area contributed by atoms with Crippen molar-refractivity contribution < 1.29 is 9.59 Å². The van der Waals surface area contributed by atoms with Crippen LogP contribution >= 0.6 is 12.4 Å². The third-order valence-corrected chi connectivity index (χ3v) is 4.25. The molecule has 2 amide bonds. The zero-order valence-electron chi connectivity index (χ0n) is 13.7. The van der Waals surface area contributed by atoms with Crippen molar-refractivity contribution in [2.75, 3.05) is 10.6 Å². The van der Waals surface area contributed by atoms with E-state index in [-0.39, 0.29) is 36.2 Å². The van der Waals surface area contributed by atoms with Crippen LogP contribution in [-0.4, -0.2) is 17.9 Å². The van der Waals surface area contributed by atoms with Crippen molar-refractivity contribution >= 4 is 35.6 Å². The molecule has 6 heteroatoms. The summed E-state index contributed by atoms with van der Waals surface area (Å²) in [7, 11) is 0. The van der Waals surface area contributed by atoms with Gasteiger partial charge in [-0.15, -0.1) is 12.4 Å². The van der Waals surface area contributed by atoms with Gasteiger partial charge < -0.3 is 16.4 Å². The Morgan fingerprint density at radius 2 is 1.91 bits per heavy atom. The summed E-state index contributed by atoms with van der Waals surface area (Å²) in [5.74, 6) is 0.132. The third-order valence-electron chi connectivity index (χ3n) is 4.25. The average Bonchev–Trinajstić information content (AvgIpc) is 2.44. The Hall–Kier alpha value is -1.59. The number of aryl methyl sites for hydroxylation is 1. The molecule has 0 aliphatic heterocycles. The lowest BCUT2D eigenvalue weighted by Gasteiger charge is -2.28. The van der Waals surface area contributed by atoms with Crippen LogP contribution in [0.1, 0.15) is 44.6 Å². The molecule has 2 rings (SSSR count). The number of hydrogen-bond acceptors (Lipinski definition) is 3. The van der Waals surface area contributed by atoms with Crippen LogP contribution in [0.25, 0.3) is 0 Å². The number of nitrogens with two attached hydrogens (primary N) is 1. The predicted octanol–water partition coefficient (Wildman–Crippen LogP) is 3.22. The number of hydrogen-bond donors (Lipinski definition) is 3. The monoisotopic (exact) mass is 339 g/mol. The number of amides is 2. The summed E-state index contributed by atoms with van der Waals surface area (Å²) >= 11 is 0. The number of halogens is 1. The summed E-state index contributed by atoms with van der Waals surface area (Å²) in [5, 5.41) is 5.67. The third kappa shape index (κ3) is 5.84. The Morgan fingerprint density at radius 3 is 2.57 bits per heavy atom. The lowest BCUT2D eigenvalue weighted by molar-refractivity contribution is -0.117. The molecule has 4 N–H and O–H groups in total. The van der Waals surface area contributed by atoms with Crippen molar-refractivity contribution in [2.45, 2.75) is 52.0 Å². The summed E-state index contributed by atoms with van der Waals surface area (Å²) in [6.07, 6.45) is 4.82. The van der Waals surface area contributed by atoms with Gasteiger partial charge in [0.05, 0.1) is 0 Å². The van der Waals surface area contributed by atoms with E-state index in [1.807, 2.05) is 19.1 Å². The Balaban J connectivity index is 0.00000264. The fourth-order valence-electron chi connectivity index (χ4n) is 2.97. The quantitative estimate of drug-likeness (QED) is 0.787. The van der Waals surface area contributed by atoms with Crippen LogP contribution in [0.5, 0.6) is 0 Å². The largest absolute Gasteiger partial charge is 0.327 e. The Kier molecular flexibility index (Phi) is 7.52. The number of nitrogens with one attached hydrogen (secondary N) is 2. The van der Waals surface area contributed by atoms with E-state index in [2.05, 4.69) is 10.6 Å². The van der Waals surface area contributed by atoms with Crippen LogP contribution < -0.4 is 16.4 Å². The van der Waals surface area contributed by atoms with Gasteiger partial charge in [0.25, 0.3) is 0 Å². The predicted molar refractivity (Wildman–Crippen MR) is 95.9 cm³/mol. The maximum absolute atomic E-state index is 12.3. The van der Waals surface area contributed by atoms with Crippen LogP contribution in [0.2, 0.25) is 0 Å². The van der Waals surface area contributed by atoms with Crippen molar-refractivity contribution in [2.24, 2.45) is 11.7 Å². The molecule has 0 saturated heterocycles. The van der Waals surface area contributed by atoms with Gasteiger partial charge in [0.1, 0.15) is 0 Å². The Morgan fingerprint density at radius 1 is 1.22 bits per heavy atom. The Bertz CT molecular complexity index is 563. The van der Waals surface area contributed by atoms with Crippen molar-refractivity contribution in [3.05, 3.63) is 23.8 Å². The first-order valence-electron chi connectivity index (χ1n) is 7.89. The van der Waals surface area contributed by atoms with Crippen LogP contribution in [0.15, 0.2) is 18.2 Å². The first-order valence-corrected chi connectivity index (χ1v) is 7.89. The molecule has 1 aromatic rings. The minimum atomic E-state index is -0.130. The molecule has 0 heterocycles. The SMILES string of the molecule is CC(=O)Nc1ccc(C)c(NC(=O)CC2CCCCC2N)c1.Cl. The highest BCUT2D eigenvalue weighted by Gasteiger charge is 2.24. The van der Waals surface area contributed by atoms with Gasteiger partial charge >= 0.3 is 0 Å². The summed E-state index contributed by atoms with van der Waals surface area (Å²) in [6, 6.07) is 5.62. The fraction of sp³-hybridized carbons (Fsp3) is 0.529. The molecule has 1 aromatic carbocycles. The summed E-state index contributed by atoms with van der Waals surface area (Å²) < 4.78 is 0. The summed E-state index contributed by atoms with van der Waals surface area (Å²) in [6.45, 7) is 3.39. The molecular formula is C17H26ClN3O2. The molecule has 0 radical (unpaired) electrons. The molecule has 5 nitrogen and oxygen atoms in total. The van der Waals surface area contributed by atoms with Gasteiger partial charge in [-0.25, -0.2) is 0 Å². The van der Waals surface area contributed by atoms with Gasteiger partial charge in [0.15, 0.2) is 0 Å². The van der Waals surface area contributed by atoms with Gasteiger partial charge in [-0.1, -0.05) is 18.9 Å². The number of benzene rings is 1. The van der Waals surface area contributed by atoms with E-state index in [9.17, 15) is 9.59 Å². The van der Waals surface area contributed by atoms with Crippen LogP contribution in [0.4, 0.5) is 11.4 Å². The van der Waals surface area contributed by atoms with Gasteiger partial charge in [0.2, 0.25) is 11.8 Å². The molecule has 1 aliphatic carbocycles. The topological polar surface area (TPSA) is 84.2 Å². The van der Waals surface area contributed by atoms with Gasteiger partial charge in [-0.05, 0) is 43.4 Å². The van der Waals surface area contributed by atoms with Crippen LogP contribution in [0, 0.1) is 12.8 Å². The van der Waals surface area contributed by atoms with Crippen molar-refractivity contribution in [1.29, 1.82) is 0 Å². The maximum atomic E-state index is 12.3. The van der Waals surface area contributed by atoms with E-state index in [1.54, 1.807) is 6.07 Å². The first-order chi connectivity index (χ1) is 10.5. The lowest BCUT2D eigenvalue weighted by atomic mass is 9.83. The highest BCUT2D eigenvalue weighted by molar-refractivity contribution is 5.94. The molecular weight excluding hydrogens is 314 g/mol. The lowest BCUT2D eigenvalue weighted by Crippen LogP contribution is -2.35. The second-order valence-corrected chi connectivity index (χ2v) is 6.17. The first kappa shape index (κ1) is 19.5. The minimum Gasteiger partial charge on any atom is -0.327 e. The minimum absolute atomic E-state index is 0. The molecule has 1 saturated carbocycles. The fourth-order valence-corrected chi connectivity index (χ4v) is 2.97. The number of carbonyl (C=O) groups is 2. The van der Waals surface area contributed by atoms with Gasteiger partial charge in [0, 0.05) is 30.8 Å². The molecule has 2 unspecified atom stereocenters. The van der Waals surface area contributed by atoms with E-state index in [0.29, 0.717) is 12.1 Å². The molecule has 128 valence electrons. The second-order valence-electron chi connectivity index (χ2n) is 6.17. The summed E-state index contributed by atoms with van der Waals surface area (Å²) in [4.78, 5) is 23.4. The zero-order valence-corrected chi connectivity index (χ0v) is 14.5. The molecule has 23 heavy (non-hydrogen) atoms. The Labute approximate surface area is 143 Å². The number of rotatable bonds is 4. The smallest absolute Gasteiger partial charge is 0.224 e. The molecule has 2 atom stereocenters. The molecule has 0 spiro atoms. The highest BCUT2D eigenvalue weighted by atomic mass is 35.5. The van der Waals surface area contributed by atoms with E-state index in [1.165, 1.54) is 6.92 Å². The molecule has 1 fully saturated rings. The van der Waals surface area contributed by atoms with E-state index in [0.717, 1.165) is 36.9 Å². The molecule has 0 bridgehead atoms. The zero-order chi connectivity index (χ0) is 16.1. The van der Waals surface area contributed by atoms with Crippen LogP contribution in [-0.2, 0) is 9.59 Å².